The van der Waals surface area contributed by atoms with Crippen LogP contribution < -0.4 is 5.32 Å². The standard InChI is InChI=1S/C15H21F3N2O2/c1-15(2,3)9-20(5-4-6-21)14(22)19-10-7-11(16)13(18)12(17)8-10/h7-8,21H,4-6,9H2,1-3H3,(H,19,22). The molecular weight excluding hydrogens is 297 g/mol. The lowest BCUT2D eigenvalue weighted by Gasteiger charge is -2.30. The van der Waals surface area contributed by atoms with Crippen molar-refractivity contribution >= 4 is 11.7 Å². The van der Waals surface area contributed by atoms with Crippen LogP contribution >= 0.6 is 0 Å². The smallest absolute Gasteiger partial charge is 0.321 e. The number of nitrogens with one attached hydrogen (secondary N) is 1. The third-order valence-electron chi connectivity index (χ3n) is 2.77. The summed E-state index contributed by atoms with van der Waals surface area (Å²) in [4.78, 5) is 13.6. The Hall–Kier alpha value is -1.76. The van der Waals surface area contributed by atoms with E-state index in [1.807, 2.05) is 20.8 Å². The summed E-state index contributed by atoms with van der Waals surface area (Å²) in [6.45, 7) is 6.42. The molecule has 0 radical (unpaired) electrons. The van der Waals surface area contributed by atoms with E-state index in [-0.39, 0.29) is 17.7 Å². The number of hydrogen-bond donors (Lipinski definition) is 2. The molecule has 4 nitrogen and oxygen atoms in total. The van der Waals surface area contributed by atoms with Gasteiger partial charge in [-0.2, -0.15) is 0 Å². The van der Waals surface area contributed by atoms with E-state index in [0.29, 0.717) is 19.5 Å². The van der Waals surface area contributed by atoms with Crippen LogP contribution in [0.4, 0.5) is 23.7 Å². The molecule has 0 bridgehead atoms. The molecular formula is C15H21F3N2O2. The number of amides is 2. The zero-order valence-electron chi connectivity index (χ0n) is 12.9. The van der Waals surface area contributed by atoms with Gasteiger partial charge in [-0.3, -0.25) is 0 Å². The molecule has 0 saturated heterocycles. The van der Waals surface area contributed by atoms with Gasteiger partial charge in [-0.1, -0.05) is 20.8 Å². The van der Waals surface area contributed by atoms with Gasteiger partial charge in [0.2, 0.25) is 0 Å². The van der Waals surface area contributed by atoms with Crippen molar-refractivity contribution in [2.45, 2.75) is 27.2 Å². The van der Waals surface area contributed by atoms with Gasteiger partial charge in [0.1, 0.15) is 0 Å². The van der Waals surface area contributed by atoms with Crippen LogP contribution in [-0.4, -0.2) is 35.7 Å². The Bertz CT molecular complexity index is 507. The molecule has 0 spiro atoms. The fraction of sp³-hybridized carbons (Fsp3) is 0.533. The molecule has 0 aliphatic rings. The highest BCUT2D eigenvalue weighted by Gasteiger charge is 2.21. The van der Waals surface area contributed by atoms with Crippen molar-refractivity contribution in [1.29, 1.82) is 0 Å². The third-order valence-corrected chi connectivity index (χ3v) is 2.77. The van der Waals surface area contributed by atoms with E-state index in [4.69, 9.17) is 5.11 Å². The molecule has 0 aromatic heterocycles. The van der Waals surface area contributed by atoms with Crippen molar-refractivity contribution < 1.29 is 23.1 Å². The van der Waals surface area contributed by atoms with Crippen molar-refractivity contribution in [3.05, 3.63) is 29.6 Å². The largest absolute Gasteiger partial charge is 0.396 e. The highest BCUT2D eigenvalue weighted by Crippen LogP contribution is 2.19. The number of benzene rings is 1. The van der Waals surface area contributed by atoms with Gasteiger partial charge in [-0.05, 0) is 11.8 Å². The van der Waals surface area contributed by atoms with Crippen LogP contribution in [0.15, 0.2) is 12.1 Å². The van der Waals surface area contributed by atoms with E-state index in [0.717, 1.165) is 12.1 Å². The summed E-state index contributed by atoms with van der Waals surface area (Å²) in [5.41, 5.74) is -0.351. The molecule has 1 aromatic rings. The fourth-order valence-corrected chi connectivity index (χ4v) is 1.92. The number of nitrogens with zero attached hydrogens (tertiary/aromatic N) is 1. The van der Waals surface area contributed by atoms with Crippen molar-refractivity contribution in [2.75, 3.05) is 25.0 Å². The second kappa shape index (κ2) is 7.49. The number of rotatable bonds is 5. The number of hydrogen-bond acceptors (Lipinski definition) is 2. The molecule has 124 valence electrons. The zero-order valence-corrected chi connectivity index (χ0v) is 12.9. The molecule has 0 heterocycles. The minimum Gasteiger partial charge on any atom is -0.396 e. The molecule has 7 heteroatoms. The number of aliphatic hydroxyl groups is 1. The molecule has 0 aliphatic carbocycles. The average Bonchev–Trinajstić information content (AvgIpc) is 2.39. The number of urea groups is 1. The maximum Gasteiger partial charge on any atom is 0.321 e. The topological polar surface area (TPSA) is 52.6 Å². The van der Waals surface area contributed by atoms with Crippen LogP contribution in [0.1, 0.15) is 27.2 Å². The first kappa shape index (κ1) is 18.3. The Kier molecular flexibility index (Phi) is 6.22. The van der Waals surface area contributed by atoms with Crippen LogP contribution in [0.2, 0.25) is 0 Å². The van der Waals surface area contributed by atoms with Crippen LogP contribution in [-0.2, 0) is 0 Å². The molecule has 1 aromatic carbocycles. The Morgan fingerprint density at radius 2 is 1.77 bits per heavy atom. The predicted octanol–water partition coefficient (Wildman–Crippen LogP) is 3.37. The number of aliphatic hydroxyl groups excluding tert-OH is 1. The fourth-order valence-electron chi connectivity index (χ4n) is 1.92. The van der Waals surface area contributed by atoms with Crippen molar-refractivity contribution in [3.63, 3.8) is 0 Å². The molecule has 0 unspecified atom stereocenters. The lowest BCUT2D eigenvalue weighted by Crippen LogP contribution is -2.41. The molecule has 2 N–H and O–H groups in total. The summed E-state index contributed by atoms with van der Waals surface area (Å²) in [7, 11) is 0. The predicted molar refractivity (Wildman–Crippen MR) is 78.1 cm³/mol. The van der Waals surface area contributed by atoms with Crippen LogP contribution in [0.5, 0.6) is 0 Å². The van der Waals surface area contributed by atoms with Gasteiger partial charge in [-0.25, -0.2) is 18.0 Å². The summed E-state index contributed by atoms with van der Waals surface area (Å²) in [6, 6.07) is 0.878. The molecule has 2 amide bonds. The maximum atomic E-state index is 13.2. The highest BCUT2D eigenvalue weighted by atomic mass is 19.2. The van der Waals surface area contributed by atoms with E-state index in [2.05, 4.69) is 5.32 Å². The highest BCUT2D eigenvalue weighted by molar-refractivity contribution is 5.89. The lowest BCUT2D eigenvalue weighted by atomic mass is 9.96. The molecule has 1 rings (SSSR count). The first-order valence-corrected chi connectivity index (χ1v) is 6.95. The summed E-state index contributed by atoms with van der Waals surface area (Å²) >= 11 is 0. The Balaban J connectivity index is 2.86. The minimum absolute atomic E-state index is 0.0757. The quantitative estimate of drug-likeness (QED) is 0.818. The van der Waals surface area contributed by atoms with Gasteiger partial charge in [0.15, 0.2) is 17.5 Å². The Morgan fingerprint density at radius 3 is 2.23 bits per heavy atom. The molecule has 0 fully saturated rings. The van der Waals surface area contributed by atoms with Crippen LogP contribution in [0, 0.1) is 22.9 Å². The van der Waals surface area contributed by atoms with E-state index in [9.17, 15) is 18.0 Å². The summed E-state index contributed by atoms with van der Waals surface area (Å²) in [5.74, 6) is -4.31. The van der Waals surface area contributed by atoms with Crippen molar-refractivity contribution in [3.8, 4) is 0 Å². The number of anilines is 1. The van der Waals surface area contributed by atoms with E-state index in [1.54, 1.807) is 0 Å². The van der Waals surface area contributed by atoms with Gasteiger partial charge in [0, 0.05) is 37.5 Å². The first-order valence-electron chi connectivity index (χ1n) is 6.95. The van der Waals surface area contributed by atoms with Gasteiger partial charge in [0.25, 0.3) is 0 Å². The second-order valence-electron chi connectivity index (χ2n) is 6.24. The van der Waals surface area contributed by atoms with Gasteiger partial charge < -0.3 is 15.3 Å². The van der Waals surface area contributed by atoms with Crippen LogP contribution in [0.3, 0.4) is 0 Å². The summed E-state index contributed by atoms with van der Waals surface area (Å²) in [6.07, 6.45) is 0.385. The minimum atomic E-state index is -1.58. The number of halogens is 3. The van der Waals surface area contributed by atoms with Crippen LogP contribution in [0.25, 0.3) is 0 Å². The third kappa shape index (κ3) is 5.55. The van der Waals surface area contributed by atoms with Gasteiger partial charge in [-0.15, -0.1) is 0 Å². The first-order chi connectivity index (χ1) is 10.1. The number of carbonyl (C=O) groups is 1. The molecule has 0 saturated carbocycles. The van der Waals surface area contributed by atoms with Crippen molar-refractivity contribution in [2.24, 2.45) is 5.41 Å². The second-order valence-corrected chi connectivity index (χ2v) is 6.24. The van der Waals surface area contributed by atoms with E-state index >= 15 is 0 Å². The van der Waals surface area contributed by atoms with E-state index in [1.165, 1.54) is 4.90 Å². The van der Waals surface area contributed by atoms with E-state index < -0.39 is 23.5 Å². The van der Waals surface area contributed by atoms with Crippen molar-refractivity contribution in [1.82, 2.24) is 4.90 Å². The molecule has 0 atom stereocenters. The Labute approximate surface area is 127 Å². The molecule has 0 aliphatic heterocycles. The maximum absolute atomic E-state index is 13.2. The monoisotopic (exact) mass is 318 g/mol. The number of carbonyl (C=O) groups excluding carboxylic acids is 1. The van der Waals surface area contributed by atoms with Gasteiger partial charge >= 0.3 is 6.03 Å². The Morgan fingerprint density at radius 1 is 1.23 bits per heavy atom. The summed E-state index contributed by atoms with van der Waals surface area (Å²) in [5, 5.41) is 11.2. The SMILES string of the molecule is CC(C)(C)CN(CCCO)C(=O)Nc1cc(F)c(F)c(F)c1. The zero-order chi connectivity index (χ0) is 16.9. The lowest BCUT2D eigenvalue weighted by molar-refractivity contribution is 0.176. The van der Waals surface area contributed by atoms with Gasteiger partial charge in [0.05, 0.1) is 0 Å². The average molecular weight is 318 g/mol. The molecule has 22 heavy (non-hydrogen) atoms. The summed E-state index contributed by atoms with van der Waals surface area (Å²) < 4.78 is 39.2. The normalized spacial score (nSPS) is 11.4.